The number of aryl methyl sites for hydroxylation is 1. The number of carbonyl (C=O) groups is 2. The number of anilines is 2. The molecule has 1 aliphatic rings. The minimum atomic E-state index is -0.351. The second-order valence-corrected chi connectivity index (χ2v) is 5.34. The molecular formula is C16H18N4O4. The molecule has 0 spiro atoms. The molecular weight excluding hydrogens is 312 g/mol. The van der Waals surface area contributed by atoms with Crippen LogP contribution < -0.4 is 20.1 Å². The first-order chi connectivity index (χ1) is 11.6. The Hall–Kier alpha value is -3.03. The Morgan fingerprint density at radius 1 is 1.33 bits per heavy atom. The maximum atomic E-state index is 12.6. The third-order valence-corrected chi connectivity index (χ3v) is 3.56. The van der Waals surface area contributed by atoms with Gasteiger partial charge in [-0.3, -0.25) is 9.59 Å². The molecule has 0 atom stereocenters. The van der Waals surface area contributed by atoms with Crippen molar-refractivity contribution >= 4 is 23.2 Å². The normalized spacial score (nSPS) is 12.8. The summed E-state index contributed by atoms with van der Waals surface area (Å²) in [5.41, 5.74) is 1.37. The summed E-state index contributed by atoms with van der Waals surface area (Å²) in [6.45, 7) is 2.70. The van der Waals surface area contributed by atoms with Crippen molar-refractivity contribution in [3.05, 3.63) is 30.0 Å². The monoisotopic (exact) mass is 330 g/mol. The van der Waals surface area contributed by atoms with Gasteiger partial charge in [-0.1, -0.05) is 0 Å². The minimum Gasteiger partial charge on any atom is -0.495 e. The molecule has 126 valence electrons. The van der Waals surface area contributed by atoms with Gasteiger partial charge in [-0.05, 0) is 18.2 Å². The van der Waals surface area contributed by atoms with E-state index in [1.165, 1.54) is 20.2 Å². The van der Waals surface area contributed by atoms with Gasteiger partial charge in [0, 0.05) is 25.6 Å². The lowest BCUT2D eigenvalue weighted by atomic mass is 10.2. The molecule has 1 aromatic heterocycles. The van der Waals surface area contributed by atoms with Crippen molar-refractivity contribution < 1.29 is 19.1 Å². The second-order valence-electron chi connectivity index (χ2n) is 5.34. The molecule has 1 aromatic carbocycles. The number of ether oxygens (including phenoxy) is 2. The molecule has 0 fully saturated rings. The first-order valence-electron chi connectivity index (χ1n) is 7.54. The van der Waals surface area contributed by atoms with E-state index in [1.807, 2.05) is 0 Å². The molecule has 2 amide bonds. The van der Waals surface area contributed by atoms with Crippen LogP contribution in [0.5, 0.6) is 11.6 Å². The fourth-order valence-electron chi connectivity index (χ4n) is 2.50. The maximum absolute atomic E-state index is 12.6. The number of amides is 2. The quantitative estimate of drug-likeness (QED) is 0.892. The molecule has 0 saturated carbocycles. The fourth-order valence-corrected chi connectivity index (χ4v) is 2.50. The van der Waals surface area contributed by atoms with Crippen molar-refractivity contribution in [2.45, 2.75) is 19.9 Å². The topological polar surface area (TPSA) is 94.5 Å². The Bertz CT molecular complexity index is 784. The van der Waals surface area contributed by atoms with Crippen LogP contribution in [0.4, 0.5) is 11.4 Å². The van der Waals surface area contributed by atoms with E-state index in [-0.39, 0.29) is 11.8 Å². The smallest absolute Gasteiger partial charge is 0.262 e. The fraction of sp³-hybridized carbons (Fsp3) is 0.312. The van der Waals surface area contributed by atoms with Crippen LogP contribution in [0.2, 0.25) is 0 Å². The van der Waals surface area contributed by atoms with Gasteiger partial charge >= 0.3 is 0 Å². The molecule has 2 aromatic rings. The van der Waals surface area contributed by atoms with E-state index in [0.717, 1.165) is 13.0 Å². The van der Waals surface area contributed by atoms with Gasteiger partial charge in [-0.15, -0.1) is 0 Å². The number of aromatic nitrogens is 2. The number of fused-ring (bicyclic) bond motifs is 1. The van der Waals surface area contributed by atoms with Gasteiger partial charge in [-0.2, -0.15) is 5.10 Å². The third-order valence-electron chi connectivity index (χ3n) is 3.56. The van der Waals surface area contributed by atoms with Gasteiger partial charge in [0.1, 0.15) is 11.3 Å². The molecule has 8 heteroatoms. The van der Waals surface area contributed by atoms with E-state index in [1.54, 1.807) is 22.9 Å². The number of nitrogens with one attached hydrogen (secondary N) is 2. The summed E-state index contributed by atoms with van der Waals surface area (Å²) < 4.78 is 12.5. The van der Waals surface area contributed by atoms with Gasteiger partial charge in [0.15, 0.2) is 0 Å². The third kappa shape index (κ3) is 3.17. The second kappa shape index (κ2) is 6.61. The lowest BCUT2D eigenvalue weighted by Gasteiger charge is -2.16. The first-order valence-corrected chi connectivity index (χ1v) is 7.54. The number of methoxy groups -OCH3 is 1. The minimum absolute atomic E-state index is 0.198. The average molecular weight is 330 g/mol. The van der Waals surface area contributed by atoms with Crippen molar-refractivity contribution in [2.24, 2.45) is 0 Å². The molecule has 0 unspecified atom stereocenters. The van der Waals surface area contributed by atoms with Crippen molar-refractivity contribution in [3.63, 3.8) is 0 Å². The lowest BCUT2D eigenvalue weighted by molar-refractivity contribution is -0.114. The molecule has 0 saturated heterocycles. The van der Waals surface area contributed by atoms with Crippen LogP contribution in [0.3, 0.4) is 0 Å². The molecule has 0 bridgehead atoms. The zero-order valence-corrected chi connectivity index (χ0v) is 13.5. The summed E-state index contributed by atoms with van der Waals surface area (Å²) in [6.07, 6.45) is 2.35. The molecule has 0 radical (unpaired) electrons. The van der Waals surface area contributed by atoms with Crippen molar-refractivity contribution in [1.82, 2.24) is 9.78 Å². The van der Waals surface area contributed by atoms with Gasteiger partial charge in [-0.25, -0.2) is 4.68 Å². The highest BCUT2D eigenvalue weighted by Gasteiger charge is 2.22. The summed E-state index contributed by atoms with van der Waals surface area (Å²) in [4.78, 5) is 23.8. The highest BCUT2D eigenvalue weighted by molar-refractivity contribution is 6.07. The molecule has 2 heterocycles. The van der Waals surface area contributed by atoms with E-state index >= 15 is 0 Å². The molecule has 3 rings (SSSR count). The van der Waals surface area contributed by atoms with Crippen LogP contribution in [0.1, 0.15) is 23.7 Å². The first kappa shape index (κ1) is 15.9. The Labute approximate surface area is 138 Å². The van der Waals surface area contributed by atoms with Crippen LogP contribution >= 0.6 is 0 Å². The van der Waals surface area contributed by atoms with Crippen LogP contribution in [0, 0.1) is 0 Å². The number of hydrogen-bond acceptors (Lipinski definition) is 5. The molecule has 2 N–H and O–H groups in total. The van der Waals surface area contributed by atoms with E-state index in [0.29, 0.717) is 35.2 Å². The zero-order chi connectivity index (χ0) is 17.1. The number of hydrogen-bond donors (Lipinski definition) is 2. The molecule has 0 aliphatic carbocycles. The summed E-state index contributed by atoms with van der Waals surface area (Å²) in [6, 6.07) is 5.00. The number of nitrogens with zero attached hydrogens (tertiary/aromatic N) is 2. The summed E-state index contributed by atoms with van der Waals surface area (Å²) in [7, 11) is 1.51. The SMILES string of the molecule is COc1ccc(NC(C)=O)cc1NC(=O)c1cnn2c1OCCC2. The van der Waals surface area contributed by atoms with E-state index in [9.17, 15) is 9.59 Å². The Kier molecular flexibility index (Phi) is 4.37. The largest absolute Gasteiger partial charge is 0.495 e. The van der Waals surface area contributed by atoms with Gasteiger partial charge < -0.3 is 20.1 Å². The van der Waals surface area contributed by atoms with Crippen molar-refractivity contribution in [2.75, 3.05) is 24.4 Å². The number of benzene rings is 1. The van der Waals surface area contributed by atoms with E-state index in [2.05, 4.69) is 15.7 Å². The van der Waals surface area contributed by atoms with Crippen LogP contribution in [0.25, 0.3) is 0 Å². The molecule has 1 aliphatic heterocycles. The van der Waals surface area contributed by atoms with Gasteiger partial charge in [0.2, 0.25) is 11.8 Å². The zero-order valence-electron chi connectivity index (χ0n) is 13.5. The van der Waals surface area contributed by atoms with Crippen LogP contribution in [-0.2, 0) is 11.3 Å². The van der Waals surface area contributed by atoms with Gasteiger partial charge in [0.05, 0.1) is 25.6 Å². The highest BCUT2D eigenvalue weighted by Crippen LogP contribution is 2.30. The van der Waals surface area contributed by atoms with E-state index < -0.39 is 0 Å². The van der Waals surface area contributed by atoms with Crippen molar-refractivity contribution in [3.8, 4) is 11.6 Å². The van der Waals surface area contributed by atoms with Crippen LogP contribution in [0.15, 0.2) is 24.4 Å². The molecule has 24 heavy (non-hydrogen) atoms. The Morgan fingerprint density at radius 2 is 2.17 bits per heavy atom. The standard InChI is InChI=1S/C16H18N4O4/c1-10(21)18-11-4-5-14(23-2)13(8-11)19-15(22)12-9-17-20-6-3-7-24-16(12)20/h4-5,8-9H,3,6-7H2,1-2H3,(H,18,21)(H,19,22). The summed E-state index contributed by atoms with van der Waals surface area (Å²) in [5, 5.41) is 9.61. The molecule has 8 nitrogen and oxygen atoms in total. The Balaban J connectivity index is 1.85. The predicted octanol–water partition coefficient (Wildman–Crippen LogP) is 1.88. The van der Waals surface area contributed by atoms with E-state index in [4.69, 9.17) is 9.47 Å². The average Bonchev–Trinajstić information content (AvgIpc) is 2.98. The summed E-state index contributed by atoms with van der Waals surface area (Å²) >= 11 is 0. The number of rotatable bonds is 4. The predicted molar refractivity (Wildman–Crippen MR) is 87.6 cm³/mol. The highest BCUT2D eigenvalue weighted by atomic mass is 16.5. The van der Waals surface area contributed by atoms with Gasteiger partial charge in [0.25, 0.3) is 5.91 Å². The Morgan fingerprint density at radius 3 is 2.92 bits per heavy atom. The lowest BCUT2D eigenvalue weighted by Crippen LogP contribution is -2.18. The summed E-state index contributed by atoms with van der Waals surface area (Å²) in [5.74, 6) is 0.406. The maximum Gasteiger partial charge on any atom is 0.262 e. The van der Waals surface area contributed by atoms with Crippen molar-refractivity contribution in [1.29, 1.82) is 0 Å². The van der Waals surface area contributed by atoms with Crippen LogP contribution in [-0.4, -0.2) is 35.3 Å². The number of carbonyl (C=O) groups excluding carboxylic acids is 2.